The fourth-order valence-corrected chi connectivity index (χ4v) is 3.78. The Kier molecular flexibility index (Phi) is 6.30. The molecule has 0 N–H and O–H groups in total. The third-order valence-electron chi connectivity index (χ3n) is 2.94. The molecule has 0 amide bonds. The molecule has 1 rings (SSSR count). The molecule has 0 aliphatic rings. The number of nitrogens with zero attached hydrogens (tertiary/aromatic N) is 1. The van der Waals surface area contributed by atoms with E-state index in [1.807, 2.05) is 13.8 Å². The summed E-state index contributed by atoms with van der Waals surface area (Å²) in [4.78, 5) is 0.308. The molecular weight excluding hydrogens is 298 g/mol. The first-order chi connectivity index (χ1) is 9.32. The van der Waals surface area contributed by atoms with E-state index in [9.17, 15) is 8.42 Å². The van der Waals surface area contributed by atoms with Crippen LogP contribution in [0.25, 0.3) is 0 Å². The van der Waals surface area contributed by atoms with E-state index >= 15 is 0 Å². The van der Waals surface area contributed by atoms with Gasteiger partial charge in [-0.15, -0.1) is 11.6 Å². The minimum absolute atomic E-state index is 0.268. The van der Waals surface area contributed by atoms with E-state index in [2.05, 4.69) is 0 Å². The van der Waals surface area contributed by atoms with Crippen molar-refractivity contribution in [2.24, 2.45) is 5.92 Å². The fraction of sp³-hybridized carbons (Fsp3) is 0.571. The number of methoxy groups -OCH3 is 1. The van der Waals surface area contributed by atoms with E-state index in [1.165, 1.54) is 4.31 Å². The molecule has 0 saturated carbocycles. The van der Waals surface area contributed by atoms with Gasteiger partial charge < -0.3 is 4.74 Å². The molecule has 0 bridgehead atoms. The second-order valence-corrected chi connectivity index (χ2v) is 7.48. The Balaban J connectivity index is 3.22. The molecule has 0 atom stereocenters. The van der Waals surface area contributed by atoms with Crippen molar-refractivity contribution in [3.63, 3.8) is 0 Å². The van der Waals surface area contributed by atoms with E-state index in [0.29, 0.717) is 35.1 Å². The van der Waals surface area contributed by atoms with Crippen LogP contribution in [0.3, 0.4) is 0 Å². The van der Waals surface area contributed by atoms with E-state index < -0.39 is 10.0 Å². The van der Waals surface area contributed by atoms with Crippen LogP contribution < -0.4 is 4.74 Å². The number of alkyl halides is 1. The van der Waals surface area contributed by atoms with Gasteiger partial charge in [0.2, 0.25) is 10.0 Å². The van der Waals surface area contributed by atoms with Gasteiger partial charge in [-0.05, 0) is 36.1 Å². The van der Waals surface area contributed by atoms with Crippen molar-refractivity contribution in [3.05, 3.63) is 23.8 Å². The van der Waals surface area contributed by atoms with Gasteiger partial charge in [-0.1, -0.05) is 13.8 Å². The maximum Gasteiger partial charge on any atom is 0.243 e. The van der Waals surface area contributed by atoms with Gasteiger partial charge in [0.1, 0.15) is 5.75 Å². The SMILES string of the molecule is COc1ccc(S(=O)(=O)N(C)CC(C)C)c(CCCl)c1. The monoisotopic (exact) mass is 319 g/mol. The molecule has 0 unspecified atom stereocenters. The lowest BCUT2D eigenvalue weighted by molar-refractivity contribution is 0.411. The molecule has 0 heterocycles. The maximum atomic E-state index is 12.6. The van der Waals surface area contributed by atoms with Crippen LogP contribution in [0.2, 0.25) is 0 Å². The van der Waals surface area contributed by atoms with Crippen molar-refractivity contribution >= 4 is 21.6 Å². The molecule has 0 aliphatic carbocycles. The third kappa shape index (κ3) is 4.11. The lowest BCUT2D eigenvalue weighted by Crippen LogP contribution is -2.31. The van der Waals surface area contributed by atoms with Gasteiger partial charge in [0.15, 0.2) is 0 Å². The summed E-state index contributed by atoms with van der Waals surface area (Å²) in [5.74, 6) is 1.27. The van der Waals surface area contributed by atoms with Gasteiger partial charge in [0.05, 0.1) is 12.0 Å². The first-order valence-electron chi connectivity index (χ1n) is 6.52. The molecule has 20 heavy (non-hydrogen) atoms. The van der Waals surface area contributed by atoms with Gasteiger partial charge in [-0.2, -0.15) is 0 Å². The van der Waals surface area contributed by atoms with Crippen LogP contribution in [0.15, 0.2) is 23.1 Å². The average Bonchev–Trinajstić information content (AvgIpc) is 2.37. The standard InChI is InChI=1S/C14H22ClNO3S/c1-11(2)10-16(3)20(17,18)14-6-5-13(19-4)9-12(14)7-8-15/h5-6,9,11H,7-8,10H2,1-4H3. The molecule has 1 aromatic carbocycles. The van der Waals surface area contributed by atoms with Crippen molar-refractivity contribution in [3.8, 4) is 5.75 Å². The minimum atomic E-state index is -3.49. The molecule has 0 aromatic heterocycles. The zero-order valence-corrected chi connectivity index (χ0v) is 14.0. The summed E-state index contributed by atoms with van der Waals surface area (Å²) in [6.07, 6.45) is 0.489. The molecule has 0 spiro atoms. The van der Waals surface area contributed by atoms with Gasteiger partial charge in [0, 0.05) is 19.5 Å². The van der Waals surface area contributed by atoms with Gasteiger partial charge in [-0.3, -0.25) is 0 Å². The van der Waals surface area contributed by atoms with E-state index in [-0.39, 0.29) is 5.92 Å². The lowest BCUT2D eigenvalue weighted by atomic mass is 10.1. The van der Waals surface area contributed by atoms with Crippen LogP contribution in [0, 0.1) is 5.92 Å². The molecule has 0 fully saturated rings. The van der Waals surface area contributed by atoms with Crippen molar-refractivity contribution in [2.45, 2.75) is 25.2 Å². The Bertz CT molecular complexity index is 543. The van der Waals surface area contributed by atoms with Crippen LogP contribution >= 0.6 is 11.6 Å². The Morgan fingerprint density at radius 1 is 1.35 bits per heavy atom. The minimum Gasteiger partial charge on any atom is -0.497 e. The predicted octanol–water partition coefficient (Wildman–Crippen LogP) is 2.75. The maximum absolute atomic E-state index is 12.6. The first-order valence-corrected chi connectivity index (χ1v) is 8.49. The van der Waals surface area contributed by atoms with Crippen LogP contribution in [-0.4, -0.2) is 39.3 Å². The summed E-state index contributed by atoms with van der Waals surface area (Å²) in [5, 5.41) is 0. The summed E-state index contributed by atoms with van der Waals surface area (Å²) >= 11 is 5.77. The number of ether oxygens (including phenoxy) is 1. The van der Waals surface area contributed by atoms with Crippen molar-refractivity contribution in [1.29, 1.82) is 0 Å². The number of aryl methyl sites for hydroxylation is 1. The number of rotatable bonds is 7. The molecule has 0 radical (unpaired) electrons. The van der Waals surface area contributed by atoms with Crippen molar-refractivity contribution < 1.29 is 13.2 Å². The Morgan fingerprint density at radius 3 is 2.50 bits per heavy atom. The number of benzene rings is 1. The second kappa shape index (κ2) is 7.29. The highest BCUT2D eigenvalue weighted by atomic mass is 35.5. The Morgan fingerprint density at radius 2 is 2.00 bits per heavy atom. The van der Waals surface area contributed by atoms with Gasteiger partial charge in [-0.25, -0.2) is 12.7 Å². The number of hydrogen-bond acceptors (Lipinski definition) is 3. The topological polar surface area (TPSA) is 46.6 Å². The summed E-state index contributed by atoms with van der Waals surface area (Å²) in [6.45, 7) is 4.45. The summed E-state index contributed by atoms with van der Waals surface area (Å²) < 4.78 is 31.7. The molecule has 0 saturated heterocycles. The molecule has 114 valence electrons. The molecule has 6 heteroatoms. The largest absolute Gasteiger partial charge is 0.497 e. The van der Waals surface area contributed by atoms with Gasteiger partial charge >= 0.3 is 0 Å². The smallest absolute Gasteiger partial charge is 0.243 e. The number of sulfonamides is 1. The highest BCUT2D eigenvalue weighted by Gasteiger charge is 2.24. The summed E-state index contributed by atoms with van der Waals surface area (Å²) in [5.41, 5.74) is 0.690. The van der Waals surface area contributed by atoms with Crippen LogP contribution in [0.5, 0.6) is 5.75 Å². The van der Waals surface area contributed by atoms with Crippen molar-refractivity contribution in [1.82, 2.24) is 4.31 Å². The van der Waals surface area contributed by atoms with Crippen LogP contribution in [0.1, 0.15) is 19.4 Å². The van der Waals surface area contributed by atoms with Crippen molar-refractivity contribution in [2.75, 3.05) is 26.6 Å². The lowest BCUT2D eigenvalue weighted by Gasteiger charge is -2.21. The van der Waals surface area contributed by atoms with Crippen LogP contribution in [0.4, 0.5) is 0 Å². The number of hydrogen-bond donors (Lipinski definition) is 0. The molecule has 1 aromatic rings. The normalized spacial score (nSPS) is 12.2. The Labute approximate surface area is 126 Å². The first kappa shape index (κ1) is 17.3. The van der Waals surface area contributed by atoms with E-state index in [1.54, 1.807) is 32.4 Å². The summed E-state index contributed by atoms with van der Waals surface area (Å²) in [7, 11) is -0.337. The predicted molar refractivity (Wildman–Crippen MR) is 82.1 cm³/mol. The Hall–Kier alpha value is -0.780. The number of halogens is 1. The fourth-order valence-electron chi connectivity index (χ4n) is 2.01. The second-order valence-electron chi connectivity index (χ2n) is 5.09. The van der Waals surface area contributed by atoms with E-state index in [4.69, 9.17) is 16.3 Å². The zero-order chi connectivity index (χ0) is 15.3. The molecule has 0 aliphatic heterocycles. The molecular formula is C14H22ClNO3S. The molecule has 4 nitrogen and oxygen atoms in total. The quantitative estimate of drug-likeness (QED) is 0.726. The van der Waals surface area contributed by atoms with E-state index in [0.717, 1.165) is 0 Å². The average molecular weight is 320 g/mol. The van der Waals surface area contributed by atoms with Crippen LogP contribution in [-0.2, 0) is 16.4 Å². The highest BCUT2D eigenvalue weighted by Crippen LogP contribution is 2.25. The zero-order valence-electron chi connectivity index (χ0n) is 12.4. The summed E-state index contributed by atoms with van der Waals surface area (Å²) in [6, 6.07) is 4.99. The highest BCUT2D eigenvalue weighted by molar-refractivity contribution is 7.89. The third-order valence-corrected chi connectivity index (χ3v) is 5.05. The van der Waals surface area contributed by atoms with Gasteiger partial charge in [0.25, 0.3) is 0 Å².